The van der Waals surface area contributed by atoms with Crippen LogP contribution in [-0.4, -0.2) is 75.4 Å². The standard InChI is InChI=1S/C34H45N9O5/c1-3-19(2)29(32(46)42-28(33(47)48)16-21-18-40-26-13-7-5-10-23(21)26)43-31(45)27(15-20-17-39-25-12-6-4-9-22(20)25)41-30(44)24(35)11-8-14-38-34(36)37/h4-7,9-10,12-13,17-19,24,27-29,39-40H,3,8,11,14-16,35H2,1-2H3,(H,41,44)(H,42,46)(H,43,45)(H,47,48)(H4,36,37,38). The molecule has 5 unspecified atom stereocenters. The lowest BCUT2D eigenvalue weighted by atomic mass is 9.96. The SMILES string of the molecule is CCC(C)C(NC(=O)C(Cc1c[nH]c2ccccc12)NC(=O)C(N)CCCN=C(N)N)C(=O)NC(Cc1c[nH]c2ccccc12)C(=O)O. The zero-order chi connectivity index (χ0) is 34.8. The van der Waals surface area contributed by atoms with Crippen molar-refractivity contribution in [2.24, 2.45) is 28.1 Å². The Labute approximate surface area is 278 Å². The van der Waals surface area contributed by atoms with Crippen LogP contribution in [0.2, 0.25) is 0 Å². The van der Waals surface area contributed by atoms with Gasteiger partial charge >= 0.3 is 5.97 Å². The monoisotopic (exact) mass is 659 g/mol. The van der Waals surface area contributed by atoms with Gasteiger partial charge in [0.05, 0.1) is 6.04 Å². The third-order valence-corrected chi connectivity index (χ3v) is 8.54. The maximum absolute atomic E-state index is 13.9. The van der Waals surface area contributed by atoms with Crippen LogP contribution in [0.5, 0.6) is 0 Å². The Morgan fingerprint density at radius 1 is 0.812 bits per heavy atom. The van der Waals surface area contributed by atoms with Gasteiger partial charge in [-0.05, 0) is 42.0 Å². The second kappa shape index (κ2) is 16.5. The molecule has 5 atom stereocenters. The second-order valence-corrected chi connectivity index (χ2v) is 12.0. The Balaban J connectivity index is 1.52. The molecule has 0 aliphatic rings. The van der Waals surface area contributed by atoms with Gasteiger partial charge in [-0.2, -0.15) is 0 Å². The summed E-state index contributed by atoms with van der Waals surface area (Å²) in [6.45, 7) is 3.95. The number of carbonyl (C=O) groups excluding carboxylic acids is 3. The van der Waals surface area contributed by atoms with Gasteiger partial charge in [0.2, 0.25) is 17.7 Å². The van der Waals surface area contributed by atoms with Crippen molar-refractivity contribution in [3.05, 3.63) is 72.1 Å². The lowest BCUT2D eigenvalue weighted by Crippen LogP contribution is -2.59. The number of amides is 3. The van der Waals surface area contributed by atoms with Gasteiger partial charge in [0.15, 0.2) is 5.96 Å². The van der Waals surface area contributed by atoms with Crippen LogP contribution < -0.4 is 33.2 Å². The molecular formula is C34H45N9O5. The molecule has 4 rings (SSSR count). The van der Waals surface area contributed by atoms with Crippen molar-refractivity contribution in [3.63, 3.8) is 0 Å². The summed E-state index contributed by atoms with van der Waals surface area (Å²) in [4.78, 5) is 63.3. The van der Waals surface area contributed by atoms with E-state index in [0.717, 1.165) is 32.9 Å². The number of nitrogens with zero attached hydrogens (tertiary/aromatic N) is 1. The fourth-order valence-corrected chi connectivity index (χ4v) is 5.60. The predicted molar refractivity (Wildman–Crippen MR) is 185 cm³/mol. The number of carboxylic acids is 1. The third-order valence-electron chi connectivity index (χ3n) is 8.54. The smallest absolute Gasteiger partial charge is 0.326 e. The number of rotatable bonds is 17. The lowest BCUT2D eigenvalue weighted by Gasteiger charge is -2.28. The summed E-state index contributed by atoms with van der Waals surface area (Å²) in [6, 6.07) is 10.7. The number of nitrogens with one attached hydrogen (secondary N) is 5. The molecule has 48 heavy (non-hydrogen) atoms. The molecule has 14 nitrogen and oxygen atoms in total. The summed E-state index contributed by atoms with van der Waals surface area (Å²) >= 11 is 0. The van der Waals surface area contributed by atoms with E-state index in [9.17, 15) is 24.3 Å². The number of aromatic nitrogens is 2. The van der Waals surface area contributed by atoms with Gasteiger partial charge in [0.25, 0.3) is 0 Å². The van der Waals surface area contributed by atoms with E-state index in [-0.39, 0.29) is 31.1 Å². The fraction of sp³-hybridized carbons (Fsp3) is 0.382. The zero-order valence-corrected chi connectivity index (χ0v) is 27.2. The molecule has 12 N–H and O–H groups in total. The number of fused-ring (bicyclic) bond motifs is 2. The number of para-hydroxylation sites is 2. The number of hydrogen-bond acceptors (Lipinski definition) is 6. The number of aliphatic carboxylic acids is 1. The van der Waals surface area contributed by atoms with Gasteiger partial charge in [-0.15, -0.1) is 0 Å². The van der Waals surface area contributed by atoms with E-state index in [4.69, 9.17) is 17.2 Å². The number of hydrogen-bond donors (Lipinski definition) is 9. The highest BCUT2D eigenvalue weighted by Gasteiger charge is 2.33. The molecule has 256 valence electrons. The van der Waals surface area contributed by atoms with Gasteiger partial charge in [-0.1, -0.05) is 56.7 Å². The Hall–Kier alpha value is -5.37. The van der Waals surface area contributed by atoms with E-state index in [2.05, 4.69) is 30.9 Å². The Bertz CT molecular complexity index is 1760. The van der Waals surface area contributed by atoms with Crippen LogP contribution in [0.4, 0.5) is 0 Å². The van der Waals surface area contributed by atoms with E-state index in [1.807, 2.05) is 55.5 Å². The van der Waals surface area contributed by atoms with Crippen LogP contribution in [-0.2, 0) is 32.0 Å². The topological polar surface area (TPSA) is 247 Å². The molecule has 0 spiro atoms. The summed E-state index contributed by atoms with van der Waals surface area (Å²) in [5, 5.41) is 20.0. The summed E-state index contributed by atoms with van der Waals surface area (Å²) in [5.41, 5.74) is 20.1. The van der Waals surface area contributed by atoms with Crippen molar-refractivity contribution in [1.29, 1.82) is 0 Å². The second-order valence-electron chi connectivity index (χ2n) is 12.0. The van der Waals surface area contributed by atoms with Gasteiger partial charge in [0.1, 0.15) is 18.1 Å². The number of H-pyrrole nitrogens is 2. The normalized spacial score (nSPS) is 14.4. The van der Waals surface area contributed by atoms with Crippen LogP contribution in [0, 0.1) is 5.92 Å². The van der Waals surface area contributed by atoms with Crippen LogP contribution in [0.25, 0.3) is 21.8 Å². The number of carbonyl (C=O) groups is 4. The molecule has 0 aliphatic heterocycles. The number of carboxylic acid groups (broad SMARTS) is 1. The molecule has 14 heteroatoms. The fourth-order valence-electron chi connectivity index (χ4n) is 5.60. The van der Waals surface area contributed by atoms with E-state index >= 15 is 0 Å². The maximum atomic E-state index is 13.9. The molecule has 3 amide bonds. The molecular weight excluding hydrogens is 614 g/mol. The average Bonchev–Trinajstić information content (AvgIpc) is 3.68. The highest BCUT2D eigenvalue weighted by molar-refractivity contribution is 5.95. The highest BCUT2D eigenvalue weighted by atomic mass is 16.4. The first-order valence-electron chi connectivity index (χ1n) is 16.0. The first-order valence-corrected chi connectivity index (χ1v) is 16.0. The Morgan fingerprint density at radius 2 is 1.35 bits per heavy atom. The molecule has 0 bridgehead atoms. The molecule has 0 radical (unpaired) electrons. The van der Waals surface area contributed by atoms with Gasteiger partial charge in [-0.3, -0.25) is 19.4 Å². The van der Waals surface area contributed by atoms with Crippen molar-refractivity contribution in [3.8, 4) is 0 Å². The number of aromatic amines is 2. The molecule has 4 aromatic rings. The van der Waals surface area contributed by atoms with E-state index in [1.165, 1.54) is 0 Å². The van der Waals surface area contributed by atoms with Crippen molar-refractivity contribution < 1.29 is 24.3 Å². The van der Waals surface area contributed by atoms with Gasteiger partial charge in [0, 0.05) is 53.6 Å². The molecule has 2 aromatic carbocycles. The lowest BCUT2D eigenvalue weighted by molar-refractivity contribution is -0.142. The summed E-state index contributed by atoms with van der Waals surface area (Å²) in [7, 11) is 0. The molecule has 0 fully saturated rings. The number of benzene rings is 2. The van der Waals surface area contributed by atoms with Crippen LogP contribution in [0.15, 0.2) is 65.9 Å². The number of aliphatic imine (C=N–C) groups is 1. The van der Waals surface area contributed by atoms with E-state index in [0.29, 0.717) is 19.4 Å². The van der Waals surface area contributed by atoms with Crippen LogP contribution in [0.3, 0.4) is 0 Å². The van der Waals surface area contributed by atoms with Crippen molar-refractivity contribution >= 4 is 51.5 Å². The minimum Gasteiger partial charge on any atom is -0.480 e. The largest absolute Gasteiger partial charge is 0.480 e. The van der Waals surface area contributed by atoms with Crippen molar-refractivity contribution in [1.82, 2.24) is 25.9 Å². The first-order chi connectivity index (χ1) is 23.0. The third kappa shape index (κ3) is 9.12. The predicted octanol–water partition coefficient (Wildman–Crippen LogP) is 1.40. The molecule has 0 aliphatic carbocycles. The quantitative estimate of drug-likeness (QED) is 0.0454. The first kappa shape index (κ1) is 35.5. The van der Waals surface area contributed by atoms with Crippen LogP contribution in [0.1, 0.15) is 44.2 Å². The summed E-state index contributed by atoms with van der Waals surface area (Å²) in [5.74, 6) is -3.42. The number of guanidine groups is 1. The van der Waals surface area contributed by atoms with Crippen LogP contribution >= 0.6 is 0 Å². The summed E-state index contributed by atoms with van der Waals surface area (Å²) in [6.07, 6.45) is 4.87. The van der Waals surface area contributed by atoms with Crippen molar-refractivity contribution in [2.45, 2.75) is 70.1 Å². The maximum Gasteiger partial charge on any atom is 0.326 e. The Morgan fingerprint density at radius 3 is 1.90 bits per heavy atom. The van der Waals surface area contributed by atoms with E-state index in [1.54, 1.807) is 19.3 Å². The van der Waals surface area contributed by atoms with Gasteiger partial charge in [-0.25, -0.2) is 4.79 Å². The zero-order valence-electron chi connectivity index (χ0n) is 27.2. The van der Waals surface area contributed by atoms with Gasteiger partial charge < -0.3 is 48.2 Å². The molecule has 2 aromatic heterocycles. The summed E-state index contributed by atoms with van der Waals surface area (Å²) < 4.78 is 0. The Kier molecular flexibility index (Phi) is 12.2. The minimum atomic E-state index is -1.25. The molecule has 0 saturated heterocycles. The minimum absolute atomic E-state index is 0.0343. The van der Waals surface area contributed by atoms with E-state index < -0.39 is 47.9 Å². The van der Waals surface area contributed by atoms with Crippen molar-refractivity contribution in [2.75, 3.05) is 6.54 Å². The molecule has 2 heterocycles. The number of nitrogens with two attached hydrogens (primary N) is 3. The highest BCUT2D eigenvalue weighted by Crippen LogP contribution is 2.21. The molecule has 0 saturated carbocycles. The average molecular weight is 660 g/mol.